The Morgan fingerprint density at radius 3 is 2.49 bits per heavy atom. The highest BCUT2D eigenvalue weighted by atomic mass is 35.5. The molecule has 218 valence electrons. The predicted octanol–water partition coefficient (Wildman–Crippen LogP) is 4.67. The van der Waals surface area contributed by atoms with Gasteiger partial charge in [-0.15, -0.1) is 0 Å². The Balaban J connectivity index is 1.83. The van der Waals surface area contributed by atoms with E-state index in [1.165, 1.54) is 24.1 Å². The van der Waals surface area contributed by atoms with E-state index in [4.69, 9.17) is 16.3 Å². The number of hydrogen-bond donors (Lipinski definition) is 2. The van der Waals surface area contributed by atoms with Crippen LogP contribution in [0.1, 0.15) is 55.6 Å². The summed E-state index contributed by atoms with van der Waals surface area (Å²) < 4.78 is 69.9. The molecule has 39 heavy (non-hydrogen) atoms. The normalized spacial score (nSPS) is 21.0. The van der Waals surface area contributed by atoms with Crippen LogP contribution in [0, 0.1) is 11.3 Å². The Bertz CT molecular complexity index is 1290. The first-order chi connectivity index (χ1) is 18.2. The molecule has 1 heterocycles. The molecule has 0 spiro atoms. The van der Waals surface area contributed by atoms with Gasteiger partial charge in [0.1, 0.15) is 15.6 Å². The fourth-order valence-electron chi connectivity index (χ4n) is 4.97. The van der Waals surface area contributed by atoms with Gasteiger partial charge in [0.2, 0.25) is 0 Å². The highest BCUT2D eigenvalue weighted by Crippen LogP contribution is 2.40. The quantitative estimate of drug-likeness (QED) is 0.414. The number of aliphatic hydroxyl groups is 1. The van der Waals surface area contributed by atoms with E-state index in [0.29, 0.717) is 54.8 Å². The summed E-state index contributed by atoms with van der Waals surface area (Å²) in [6.07, 6.45) is -1.63. The Morgan fingerprint density at radius 1 is 1.33 bits per heavy atom. The van der Waals surface area contributed by atoms with Gasteiger partial charge in [0.05, 0.1) is 35.6 Å². The van der Waals surface area contributed by atoms with Crippen molar-refractivity contribution >= 4 is 27.3 Å². The maximum Gasteiger partial charge on any atom is 0.391 e. The molecule has 2 N–H and O–H groups in total. The fourth-order valence-corrected chi connectivity index (χ4v) is 6.39. The molecular weight excluding hydrogens is 559 g/mol. The molecule has 0 bridgehead atoms. The van der Waals surface area contributed by atoms with Crippen molar-refractivity contribution in [3.63, 3.8) is 0 Å². The van der Waals surface area contributed by atoms with Gasteiger partial charge in [0, 0.05) is 30.3 Å². The number of aliphatic hydroxyl groups excluding tert-OH is 1. The van der Waals surface area contributed by atoms with Crippen LogP contribution in [0.3, 0.4) is 0 Å². The molecule has 1 unspecified atom stereocenters. The molecule has 0 aliphatic heterocycles. The van der Waals surface area contributed by atoms with Crippen LogP contribution in [0.5, 0.6) is 5.75 Å². The topological polar surface area (TPSA) is 111 Å². The van der Waals surface area contributed by atoms with E-state index in [1.54, 1.807) is 19.1 Å². The number of benzene rings is 1. The van der Waals surface area contributed by atoms with Gasteiger partial charge < -0.3 is 15.2 Å². The Morgan fingerprint density at radius 2 is 1.97 bits per heavy atom. The van der Waals surface area contributed by atoms with Crippen LogP contribution in [-0.2, 0) is 22.8 Å². The number of methoxy groups -OCH3 is 1. The molecule has 1 aromatic heterocycles. The SMILES string of the molecule is CCn1nc(C(=O)NC[C@]2(CO)CC[C@H](S(C)(=O)=O)CC2)c(Cl)c1-c1ccc(CC(C)C(F)(F)F)cc1OC. The number of ether oxygens (including phenoxy) is 1. The zero-order valence-electron chi connectivity index (χ0n) is 22.4. The maximum absolute atomic E-state index is 13.1. The average molecular weight is 594 g/mol. The summed E-state index contributed by atoms with van der Waals surface area (Å²) in [7, 11) is -1.78. The first kappa shape index (κ1) is 31.2. The number of rotatable bonds is 10. The minimum atomic E-state index is -4.32. The van der Waals surface area contributed by atoms with Crippen molar-refractivity contribution in [3.8, 4) is 17.0 Å². The fraction of sp³-hybridized carbons (Fsp3) is 0.615. The maximum atomic E-state index is 13.1. The summed E-state index contributed by atoms with van der Waals surface area (Å²) in [6.45, 7) is 3.20. The molecule has 2 aromatic rings. The molecular formula is C26H35ClF3N3O5S. The number of nitrogens with one attached hydrogen (secondary N) is 1. The van der Waals surface area contributed by atoms with Crippen LogP contribution in [0.25, 0.3) is 11.3 Å². The largest absolute Gasteiger partial charge is 0.496 e. The molecule has 0 radical (unpaired) electrons. The number of carbonyl (C=O) groups excluding carboxylic acids is 1. The molecule has 1 aliphatic carbocycles. The van der Waals surface area contributed by atoms with Crippen LogP contribution >= 0.6 is 11.6 Å². The van der Waals surface area contributed by atoms with Crippen LogP contribution in [-0.4, -0.2) is 67.2 Å². The van der Waals surface area contributed by atoms with Crippen molar-refractivity contribution in [3.05, 3.63) is 34.5 Å². The monoisotopic (exact) mass is 593 g/mol. The molecule has 1 fully saturated rings. The third-order valence-corrected chi connectivity index (χ3v) is 9.63. The van der Waals surface area contributed by atoms with Crippen molar-refractivity contribution in [2.45, 2.75) is 63.9 Å². The standard InChI is InChI=1S/C26H35ClF3N3O5S/c1-5-33-23(19-7-6-17(13-20(19)38-3)12-16(2)26(28,29)30)21(27)22(32-33)24(35)31-14-25(15-34)10-8-18(9-11-25)39(4,36)37/h6-7,13,16,18,34H,5,8-12,14-15H2,1-4H3,(H,31,35)/t16?,18-,25-. The van der Waals surface area contributed by atoms with Crippen LogP contribution in [0.15, 0.2) is 18.2 Å². The first-order valence-electron chi connectivity index (χ1n) is 12.7. The summed E-state index contributed by atoms with van der Waals surface area (Å²) in [5.74, 6) is -1.79. The van der Waals surface area contributed by atoms with Gasteiger partial charge in [-0.25, -0.2) is 8.42 Å². The zero-order valence-corrected chi connectivity index (χ0v) is 24.0. The van der Waals surface area contributed by atoms with Crippen molar-refractivity contribution in [1.29, 1.82) is 0 Å². The molecule has 1 saturated carbocycles. The van der Waals surface area contributed by atoms with E-state index >= 15 is 0 Å². The van der Waals surface area contributed by atoms with Crippen LogP contribution < -0.4 is 10.1 Å². The zero-order chi connectivity index (χ0) is 29.2. The summed E-state index contributed by atoms with van der Waals surface area (Å²) in [5, 5.41) is 16.8. The lowest BCUT2D eigenvalue weighted by atomic mass is 9.74. The number of aromatic nitrogens is 2. The Hall–Kier alpha value is -2.31. The lowest BCUT2D eigenvalue weighted by Crippen LogP contribution is -2.44. The van der Waals surface area contributed by atoms with Crippen LogP contribution in [0.4, 0.5) is 13.2 Å². The van der Waals surface area contributed by atoms with Crippen molar-refractivity contribution in [1.82, 2.24) is 15.1 Å². The smallest absolute Gasteiger partial charge is 0.391 e. The molecule has 1 atom stereocenters. The van der Waals surface area contributed by atoms with E-state index in [2.05, 4.69) is 10.4 Å². The Labute approximate surface area is 231 Å². The van der Waals surface area contributed by atoms with Gasteiger partial charge in [-0.2, -0.15) is 18.3 Å². The Kier molecular flexibility index (Phi) is 9.65. The summed E-state index contributed by atoms with van der Waals surface area (Å²) in [6, 6.07) is 4.70. The first-order valence-corrected chi connectivity index (χ1v) is 15.1. The molecule has 8 nitrogen and oxygen atoms in total. The number of amides is 1. The summed E-state index contributed by atoms with van der Waals surface area (Å²) in [4.78, 5) is 13.1. The van der Waals surface area contributed by atoms with Gasteiger partial charge in [-0.3, -0.25) is 9.48 Å². The highest BCUT2D eigenvalue weighted by Gasteiger charge is 2.39. The number of hydrogen-bond acceptors (Lipinski definition) is 6. The highest BCUT2D eigenvalue weighted by molar-refractivity contribution is 7.91. The number of carbonyl (C=O) groups is 1. The summed E-state index contributed by atoms with van der Waals surface area (Å²) in [5.41, 5.74) is 0.624. The third kappa shape index (κ3) is 7.07. The van der Waals surface area contributed by atoms with E-state index in [0.717, 1.165) is 6.92 Å². The molecule has 1 amide bonds. The predicted molar refractivity (Wildman–Crippen MR) is 143 cm³/mol. The molecule has 3 rings (SSSR count). The van der Waals surface area contributed by atoms with E-state index in [-0.39, 0.29) is 30.3 Å². The molecule has 0 saturated heterocycles. The van der Waals surface area contributed by atoms with Gasteiger partial charge >= 0.3 is 6.18 Å². The van der Waals surface area contributed by atoms with Crippen molar-refractivity contribution < 1.29 is 36.2 Å². The number of nitrogens with zero attached hydrogens (tertiary/aromatic N) is 2. The van der Waals surface area contributed by atoms with E-state index < -0.39 is 38.5 Å². The lowest BCUT2D eigenvalue weighted by molar-refractivity contribution is -0.169. The average Bonchev–Trinajstić information content (AvgIpc) is 3.22. The minimum Gasteiger partial charge on any atom is -0.496 e. The number of aryl methyl sites for hydroxylation is 1. The molecule has 1 aromatic carbocycles. The lowest BCUT2D eigenvalue weighted by Gasteiger charge is -2.38. The molecule has 13 heteroatoms. The van der Waals surface area contributed by atoms with Gasteiger partial charge in [0.15, 0.2) is 5.69 Å². The second-order valence-corrected chi connectivity index (χ2v) is 13.1. The van der Waals surface area contributed by atoms with Gasteiger partial charge in [-0.05, 0) is 56.7 Å². The summed E-state index contributed by atoms with van der Waals surface area (Å²) >= 11 is 6.65. The van der Waals surface area contributed by atoms with Crippen molar-refractivity contribution in [2.75, 3.05) is 26.5 Å². The van der Waals surface area contributed by atoms with E-state index in [9.17, 15) is 31.5 Å². The van der Waals surface area contributed by atoms with Crippen molar-refractivity contribution in [2.24, 2.45) is 11.3 Å². The van der Waals surface area contributed by atoms with Gasteiger partial charge in [0.25, 0.3) is 5.91 Å². The minimum absolute atomic E-state index is 0.0387. The second-order valence-electron chi connectivity index (χ2n) is 10.4. The number of alkyl halides is 3. The molecule has 1 aliphatic rings. The third-order valence-electron chi connectivity index (χ3n) is 7.59. The number of sulfone groups is 1. The number of halogens is 4. The van der Waals surface area contributed by atoms with Crippen LogP contribution in [0.2, 0.25) is 5.02 Å². The van der Waals surface area contributed by atoms with Gasteiger partial charge in [-0.1, -0.05) is 24.6 Å². The van der Waals surface area contributed by atoms with E-state index in [1.807, 2.05) is 0 Å². The second kappa shape index (κ2) is 12.1.